The molecule has 0 radical (unpaired) electrons. The standard InChI is InChI=1S/C9H7Cl2NO/c10-8-3-2-7(6-9(8)11)12-4-1-5-13/h1-6,12H/b4-1+. The second-order valence-electron chi connectivity index (χ2n) is 2.27. The number of benzene rings is 1. The minimum absolute atomic E-state index is 0.478. The number of halogens is 2. The van der Waals surface area contributed by atoms with Crippen LogP contribution in [0, 0.1) is 0 Å². The summed E-state index contributed by atoms with van der Waals surface area (Å²) in [7, 11) is 0. The maximum atomic E-state index is 9.94. The van der Waals surface area contributed by atoms with Gasteiger partial charge < -0.3 is 5.32 Å². The van der Waals surface area contributed by atoms with Gasteiger partial charge in [0.1, 0.15) is 6.29 Å². The van der Waals surface area contributed by atoms with E-state index in [4.69, 9.17) is 23.2 Å². The minimum Gasteiger partial charge on any atom is -0.362 e. The number of hydrogen-bond donors (Lipinski definition) is 1. The Bertz CT molecular complexity index is 336. The summed E-state index contributed by atoms with van der Waals surface area (Å²) in [6.45, 7) is 0. The molecule has 1 aromatic carbocycles. The first kappa shape index (κ1) is 10.1. The number of allylic oxidation sites excluding steroid dienone is 1. The van der Waals surface area contributed by atoms with Gasteiger partial charge in [-0.3, -0.25) is 4.79 Å². The van der Waals surface area contributed by atoms with Crippen LogP contribution in [0.15, 0.2) is 30.5 Å². The smallest absolute Gasteiger partial charge is 0.144 e. The monoisotopic (exact) mass is 215 g/mol. The van der Waals surface area contributed by atoms with Crippen molar-refractivity contribution in [2.24, 2.45) is 0 Å². The highest BCUT2D eigenvalue weighted by Gasteiger charge is 1.96. The summed E-state index contributed by atoms with van der Waals surface area (Å²) in [6.07, 6.45) is 3.56. The molecule has 0 aliphatic carbocycles. The van der Waals surface area contributed by atoms with Gasteiger partial charge in [-0.25, -0.2) is 0 Å². The fourth-order valence-electron chi connectivity index (χ4n) is 0.770. The third-order valence-corrected chi connectivity index (χ3v) is 2.08. The van der Waals surface area contributed by atoms with E-state index >= 15 is 0 Å². The minimum atomic E-state index is 0.478. The molecule has 0 aliphatic rings. The van der Waals surface area contributed by atoms with Gasteiger partial charge in [0.15, 0.2) is 0 Å². The lowest BCUT2D eigenvalue weighted by molar-refractivity contribution is -0.104. The summed E-state index contributed by atoms with van der Waals surface area (Å²) in [6, 6.07) is 5.13. The molecule has 0 atom stereocenters. The third-order valence-electron chi connectivity index (χ3n) is 1.34. The van der Waals surface area contributed by atoms with E-state index in [1.807, 2.05) is 0 Å². The van der Waals surface area contributed by atoms with Crippen LogP contribution >= 0.6 is 23.2 Å². The lowest BCUT2D eigenvalue weighted by Crippen LogP contribution is -1.86. The number of nitrogens with one attached hydrogen (secondary N) is 1. The van der Waals surface area contributed by atoms with Crippen LogP contribution in [0.25, 0.3) is 0 Å². The molecule has 0 spiro atoms. The molecule has 68 valence electrons. The Labute approximate surface area is 86.2 Å². The van der Waals surface area contributed by atoms with Crippen LogP contribution in [-0.2, 0) is 4.79 Å². The topological polar surface area (TPSA) is 29.1 Å². The first-order valence-electron chi connectivity index (χ1n) is 3.56. The van der Waals surface area contributed by atoms with E-state index in [1.54, 1.807) is 18.2 Å². The molecule has 0 saturated carbocycles. The molecule has 0 saturated heterocycles. The molecular weight excluding hydrogens is 209 g/mol. The Balaban J connectivity index is 2.73. The number of hydrogen-bond acceptors (Lipinski definition) is 2. The molecule has 1 aromatic rings. The fraction of sp³-hybridized carbons (Fsp3) is 0. The van der Waals surface area contributed by atoms with E-state index < -0.39 is 0 Å². The molecule has 0 bridgehead atoms. The van der Waals surface area contributed by atoms with Gasteiger partial charge in [-0.15, -0.1) is 0 Å². The summed E-state index contributed by atoms with van der Waals surface area (Å²) < 4.78 is 0. The Kier molecular flexibility index (Phi) is 3.80. The van der Waals surface area contributed by atoms with Crippen molar-refractivity contribution in [2.75, 3.05) is 5.32 Å². The summed E-state index contributed by atoms with van der Waals surface area (Å²) in [5, 5.41) is 3.84. The Morgan fingerprint density at radius 2 is 2.00 bits per heavy atom. The van der Waals surface area contributed by atoms with Gasteiger partial charge in [0, 0.05) is 11.9 Å². The highest BCUT2D eigenvalue weighted by atomic mass is 35.5. The average molecular weight is 216 g/mol. The summed E-state index contributed by atoms with van der Waals surface area (Å²) in [5.41, 5.74) is 0.785. The maximum absolute atomic E-state index is 9.94. The molecular formula is C9H7Cl2NO. The molecule has 2 nitrogen and oxygen atoms in total. The van der Waals surface area contributed by atoms with Gasteiger partial charge >= 0.3 is 0 Å². The molecule has 13 heavy (non-hydrogen) atoms. The van der Waals surface area contributed by atoms with Crippen molar-refractivity contribution in [3.8, 4) is 0 Å². The molecule has 0 fully saturated rings. The van der Waals surface area contributed by atoms with Gasteiger partial charge in [-0.1, -0.05) is 23.2 Å². The summed E-state index contributed by atoms with van der Waals surface area (Å²) in [5.74, 6) is 0. The van der Waals surface area contributed by atoms with Crippen molar-refractivity contribution >= 4 is 35.2 Å². The molecule has 0 aromatic heterocycles. The molecule has 1 rings (SSSR count). The van der Waals surface area contributed by atoms with E-state index in [9.17, 15) is 4.79 Å². The zero-order chi connectivity index (χ0) is 9.68. The lowest BCUT2D eigenvalue weighted by Gasteiger charge is -2.01. The third kappa shape index (κ3) is 3.09. The van der Waals surface area contributed by atoms with Crippen molar-refractivity contribution in [3.05, 3.63) is 40.5 Å². The van der Waals surface area contributed by atoms with E-state index in [1.165, 1.54) is 12.3 Å². The maximum Gasteiger partial charge on any atom is 0.144 e. The van der Waals surface area contributed by atoms with Crippen molar-refractivity contribution < 1.29 is 4.79 Å². The zero-order valence-electron chi connectivity index (χ0n) is 6.63. The Morgan fingerprint density at radius 3 is 2.62 bits per heavy atom. The highest BCUT2D eigenvalue weighted by Crippen LogP contribution is 2.24. The number of carbonyl (C=O) groups excluding carboxylic acids is 1. The van der Waals surface area contributed by atoms with E-state index in [2.05, 4.69) is 5.32 Å². The van der Waals surface area contributed by atoms with Crippen molar-refractivity contribution in [1.29, 1.82) is 0 Å². The van der Waals surface area contributed by atoms with Gasteiger partial charge in [0.25, 0.3) is 0 Å². The summed E-state index contributed by atoms with van der Waals surface area (Å²) in [4.78, 5) is 9.94. The SMILES string of the molecule is O=C/C=C/Nc1ccc(Cl)c(Cl)c1. The van der Waals surface area contributed by atoms with Crippen molar-refractivity contribution in [2.45, 2.75) is 0 Å². The molecule has 0 amide bonds. The van der Waals surface area contributed by atoms with Crippen LogP contribution < -0.4 is 5.32 Å². The second-order valence-corrected chi connectivity index (χ2v) is 3.08. The van der Waals surface area contributed by atoms with Crippen LogP contribution in [0.1, 0.15) is 0 Å². The molecule has 0 heterocycles. The van der Waals surface area contributed by atoms with Crippen LogP contribution in [0.4, 0.5) is 5.69 Å². The van der Waals surface area contributed by atoms with E-state index in [0.717, 1.165) is 5.69 Å². The van der Waals surface area contributed by atoms with Gasteiger partial charge in [0.05, 0.1) is 10.0 Å². The first-order valence-corrected chi connectivity index (χ1v) is 4.31. The van der Waals surface area contributed by atoms with Crippen LogP contribution in [-0.4, -0.2) is 6.29 Å². The number of aldehydes is 1. The van der Waals surface area contributed by atoms with Crippen LogP contribution in [0.2, 0.25) is 10.0 Å². The molecule has 1 N–H and O–H groups in total. The lowest BCUT2D eigenvalue weighted by atomic mass is 10.3. The van der Waals surface area contributed by atoms with Gasteiger partial charge in [-0.05, 0) is 24.3 Å². The Hall–Kier alpha value is -0.990. The second kappa shape index (κ2) is 4.90. The molecule has 4 heteroatoms. The normalized spacial score (nSPS) is 10.3. The van der Waals surface area contributed by atoms with E-state index in [0.29, 0.717) is 16.3 Å². The zero-order valence-corrected chi connectivity index (χ0v) is 8.14. The summed E-state index contributed by atoms with van der Waals surface area (Å²) >= 11 is 11.5. The number of rotatable bonds is 3. The van der Waals surface area contributed by atoms with Crippen molar-refractivity contribution in [1.82, 2.24) is 0 Å². The van der Waals surface area contributed by atoms with Gasteiger partial charge in [-0.2, -0.15) is 0 Å². The predicted molar refractivity (Wildman–Crippen MR) is 55.3 cm³/mol. The number of anilines is 1. The van der Waals surface area contributed by atoms with E-state index in [-0.39, 0.29) is 0 Å². The highest BCUT2D eigenvalue weighted by molar-refractivity contribution is 6.42. The quantitative estimate of drug-likeness (QED) is 0.621. The Morgan fingerprint density at radius 1 is 1.23 bits per heavy atom. The number of carbonyl (C=O) groups is 1. The largest absolute Gasteiger partial charge is 0.362 e. The van der Waals surface area contributed by atoms with Crippen LogP contribution in [0.3, 0.4) is 0 Å². The van der Waals surface area contributed by atoms with Gasteiger partial charge in [0.2, 0.25) is 0 Å². The fourth-order valence-corrected chi connectivity index (χ4v) is 1.07. The molecule has 0 aliphatic heterocycles. The predicted octanol–water partition coefficient (Wildman–Crippen LogP) is 3.12. The van der Waals surface area contributed by atoms with Crippen molar-refractivity contribution in [3.63, 3.8) is 0 Å². The van der Waals surface area contributed by atoms with Crippen LogP contribution in [0.5, 0.6) is 0 Å². The molecule has 0 unspecified atom stereocenters. The average Bonchev–Trinajstić information content (AvgIpc) is 2.12. The first-order chi connectivity index (χ1) is 6.24.